The van der Waals surface area contributed by atoms with E-state index in [-0.39, 0.29) is 17.6 Å². The molecule has 1 aromatic rings. The van der Waals surface area contributed by atoms with Crippen LogP contribution in [0.3, 0.4) is 0 Å². The molecule has 132 valence electrons. The van der Waals surface area contributed by atoms with Gasteiger partial charge in [0.05, 0.1) is 11.7 Å². The summed E-state index contributed by atoms with van der Waals surface area (Å²) in [6.07, 6.45) is 0.686. The van der Waals surface area contributed by atoms with Gasteiger partial charge < -0.3 is 14.7 Å². The molecular formula is C17H21F2NO4. The predicted octanol–water partition coefficient (Wildman–Crippen LogP) is 2.97. The standard InChI is InChI=1S/C17H21F2NO4/c1-11-3-4-12(9-14(11)16(22)23)15(21)20-7-5-13(6-8-20)24-10-17(2,18)19/h3-4,9,13H,5-8,10H2,1-2H3,(H,22,23). The largest absolute Gasteiger partial charge is 0.478 e. The number of carboxylic acid groups (broad SMARTS) is 1. The van der Waals surface area contributed by atoms with Crippen LogP contribution in [-0.4, -0.2) is 53.6 Å². The second kappa shape index (κ2) is 7.25. The Morgan fingerprint density at radius 1 is 1.33 bits per heavy atom. The van der Waals surface area contributed by atoms with E-state index in [1.54, 1.807) is 24.0 Å². The van der Waals surface area contributed by atoms with Gasteiger partial charge in [-0.2, -0.15) is 0 Å². The van der Waals surface area contributed by atoms with Gasteiger partial charge in [0.15, 0.2) is 0 Å². The molecule has 1 saturated heterocycles. The first-order valence-corrected chi connectivity index (χ1v) is 7.80. The number of hydrogen-bond acceptors (Lipinski definition) is 3. The van der Waals surface area contributed by atoms with Gasteiger partial charge in [0.25, 0.3) is 11.8 Å². The normalized spacial score (nSPS) is 16.2. The number of piperidine rings is 1. The molecule has 0 aromatic heterocycles. The smallest absolute Gasteiger partial charge is 0.335 e. The van der Waals surface area contributed by atoms with E-state index < -0.39 is 18.5 Å². The summed E-state index contributed by atoms with van der Waals surface area (Å²) in [4.78, 5) is 25.2. The Kier molecular flexibility index (Phi) is 5.54. The van der Waals surface area contributed by atoms with E-state index in [4.69, 9.17) is 9.84 Å². The second-order valence-electron chi connectivity index (χ2n) is 6.21. The van der Waals surface area contributed by atoms with Gasteiger partial charge in [-0.25, -0.2) is 13.6 Å². The van der Waals surface area contributed by atoms with Gasteiger partial charge in [-0.15, -0.1) is 0 Å². The fourth-order valence-corrected chi connectivity index (χ4v) is 2.66. The van der Waals surface area contributed by atoms with Gasteiger partial charge >= 0.3 is 5.97 Å². The number of ether oxygens (including phenoxy) is 1. The molecule has 0 bridgehead atoms. The van der Waals surface area contributed by atoms with Crippen LogP contribution in [0.1, 0.15) is 46.0 Å². The number of aryl methyl sites for hydroxylation is 1. The van der Waals surface area contributed by atoms with Gasteiger partial charge in [0.1, 0.15) is 6.61 Å². The van der Waals surface area contributed by atoms with E-state index in [1.807, 2.05) is 0 Å². The third-order valence-corrected chi connectivity index (χ3v) is 4.02. The molecular weight excluding hydrogens is 320 g/mol. The number of carbonyl (C=O) groups excluding carboxylic acids is 1. The highest BCUT2D eigenvalue weighted by Crippen LogP contribution is 2.20. The number of alkyl halides is 2. The van der Waals surface area contributed by atoms with Crippen molar-refractivity contribution >= 4 is 11.9 Å². The van der Waals surface area contributed by atoms with Crippen molar-refractivity contribution in [2.24, 2.45) is 0 Å². The van der Waals surface area contributed by atoms with Crippen LogP contribution in [0, 0.1) is 6.92 Å². The monoisotopic (exact) mass is 341 g/mol. The van der Waals surface area contributed by atoms with Crippen molar-refractivity contribution in [1.29, 1.82) is 0 Å². The number of likely N-dealkylation sites (tertiary alicyclic amines) is 1. The highest BCUT2D eigenvalue weighted by Gasteiger charge is 2.28. The average molecular weight is 341 g/mol. The summed E-state index contributed by atoms with van der Waals surface area (Å²) in [6, 6.07) is 4.58. The SMILES string of the molecule is Cc1ccc(C(=O)N2CCC(OCC(C)(F)F)CC2)cc1C(=O)O. The third kappa shape index (κ3) is 4.74. The zero-order chi connectivity index (χ0) is 17.9. The van der Waals surface area contributed by atoms with Crippen molar-refractivity contribution in [2.45, 2.75) is 38.7 Å². The Bertz CT molecular complexity index is 620. The van der Waals surface area contributed by atoms with E-state index >= 15 is 0 Å². The molecule has 0 radical (unpaired) electrons. The molecule has 1 aromatic carbocycles. The van der Waals surface area contributed by atoms with Crippen molar-refractivity contribution in [3.05, 3.63) is 34.9 Å². The molecule has 24 heavy (non-hydrogen) atoms. The summed E-state index contributed by atoms with van der Waals surface area (Å²) in [5.74, 6) is -4.19. The number of nitrogens with zero attached hydrogens (tertiary/aromatic N) is 1. The number of hydrogen-bond donors (Lipinski definition) is 1. The summed E-state index contributed by atoms with van der Waals surface area (Å²) in [7, 11) is 0. The maximum absolute atomic E-state index is 12.8. The molecule has 5 nitrogen and oxygen atoms in total. The van der Waals surface area contributed by atoms with Crippen molar-refractivity contribution < 1.29 is 28.2 Å². The highest BCUT2D eigenvalue weighted by atomic mass is 19.3. The number of rotatable bonds is 5. The Morgan fingerprint density at radius 2 is 1.96 bits per heavy atom. The van der Waals surface area contributed by atoms with Crippen molar-refractivity contribution in [3.8, 4) is 0 Å². The number of halogens is 2. The van der Waals surface area contributed by atoms with E-state index in [2.05, 4.69) is 0 Å². The lowest BCUT2D eigenvalue weighted by atomic mass is 10.0. The first-order valence-electron chi connectivity index (χ1n) is 7.80. The van der Waals surface area contributed by atoms with Gasteiger partial charge in [0, 0.05) is 25.6 Å². The number of carboxylic acids is 1. The van der Waals surface area contributed by atoms with E-state index in [0.717, 1.165) is 6.92 Å². The highest BCUT2D eigenvalue weighted by molar-refractivity contribution is 5.98. The minimum atomic E-state index is -2.86. The molecule has 2 rings (SSSR count). The third-order valence-electron chi connectivity index (χ3n) is 4.02. The molecule has 1 fully saturated rings. The zero-order valence-corrected chi connectivity index (χ0v) is 13.7. The summed E-state index contributed by atoms with van der Waals surface area (Å²) in [6.45, 7) is 2.66. The number of aromatic carboxylic acids is 1. The van der Waals surface area contributed by atoms with E-state index in [9.17, 15) is 18.4 Å². The van der Waals surface area contributed by atoms with E-state index in [1.165, 1.54) is 6.07 Å². The van der Waals surface area contributed by atoms with Crippen LogP contribution in [-0.2, 0) is 4.74 Å². The molecule has 1 aliphatic rings. The Hall–Kier alpha value is -2.02. The summed E-state index contributed by atoms with van der Waals surface area (Å²) in [5, 5.41) is 9.14. The van der Waals surface area contributed by atoms with Gasteiger partial charge in [-0.1, -0.05) is 6.07 Å². The first-order chi connectivity index (χ1) is 11.2. The average Bonchev–Trinajstić information content (AvgIpc) is 2.52. The van der Waals surface area contributed by atoms with Gasteiger partial charge in [-0.3, -0.25) is 4.79 Å². The predicted molar refractivity (Wildman–Crippen MR) is 83.6 cm³/mol. The van der Waals surface area contributed by atoms with Gasteiger partial charge in [0.2, 0.25) is 0 Å². The second-order valence-corrected chi connectivity index (χ2v) is 6.21. The molecule has 1 aliphatic heterocycles. The minimum Gasteiger partial charge on any atom is -0.478 e. The quantitative estimate of drug-likeness (QED) is 0.894. The molecule has 0 unspecified atom stereocenters. The van der Waals surface area contributed by atoms with Crippen molar-refractivity contribution in [1.82, 2.24) is 4.90 Å². The maximum Gasteiger partial charge on any atom is 0.335 e. The Morgan fingerprint density at radius 3 is 2.50 bits per heavy atom. The lowest BCUT2D eigenvalue weighted by molar-refractivity contribution is -0.0968. The van der Waals surface area contributed by atoms with Crippen LogP contribution in [0.2, 0.25) is 0 Å². The first kappa shape index (κ1) is 18.3. The molecule has 7 heteroatoms. The van der Waals surface area contributed by atoms with Crippen LogP contribution in [0.25, 0.3) is 0 Å². The topological polar surface area (TPSA) is 66.8 Å². The van der Waals surface area contributed by atoms with Crippen LogP contribution >= 0.6 is 0 Å². The zero-order valence-electron chi connectivity index (χ0n) is 13.7. The summed E-state index contributed by atoms with van der Waals surface area (Å²) >= 11 is 0. The fourth-order valence-electron chi connectivity index (χ4n) is 2.66. The minimum absolute atomic E-state index is 0.101. The molecule has 1 N–H and O–H groups in total. The van der Waals surface area contributed by atoms with Crippen molar-refractivity contribution in [3.63, 3.8) is 0 Å². The molecule has 1 amide bonds. The Balaban J connectivity index is 1.96. The fraction of sp³-hybridized carbons (Fsp3) is 0.529. The summed E-state index contributed by atoms with van der Waals surface area (Å²) < 4.78 is 30.8. The van der Waals surface area contributed by atoms with Crippen molar-refractivity contribution in [2.75, 3.05) is 19.7 Å². The van der Waals surface area contributed by atoms with Gasteiger partial charge in [-0.05, 0) is 37.5 Å². The van der Waals surface area contributed by atoms with E-state index in [0.29, 0.717) is 37.1 Å². The molecule has 0 spiro atoms. The Labute approximate surface area is 139 Å². The van der Waals surface area contributed by atoms with Crippen LogP contribution in [0.5, 0.6) is 0 Å². The summed E-state index contributed by atoms with van der Waals surface area (Å²) in [5.41, 5.74) is 1.01. The van der Waals surface area contributed by atoms with Crippen LogP contribution < -0.4 is 0 Å². The number of carbonyl (C=O) groups is 2. The number of benzene rings is 1. The lowest BCUT2D eigenvalue weighted by Gasteiger charge is -2.32. The van der Waals surface area contributed by atoms with Crippen LogP contribution in [0.15, 0.2) is 18.2 Å². The molecule has 0 aliphatic carbocycles. The molecule has 1 heterocycles. The van der Waals surface area contributed by atoms with Crippen LogP contribution in [0.4, 0.5) is 8.78 Å². The molecule has 0 atom stereocenters. The maximum atomic E-state index is 12.8. The molecule has 0 saturated carbocycles. The lowest BCUT2D eigenvalue weighted by Crippen LogP contribution is -2.41. The number of amides is 1.